The van der Waals surface area contributed by atoms with Crippen molar-refractivity contribution in [3.63, 3.8) is 0 Å². The molecule has 0 saturated heterocycles. The van der Waals surface area contributed by atoms with E-state index in [1.165, 1.54) is 0 Å². The van der Waals surface area contributed by atoms with E-state index in [4.69, 9.17) is 0 Å². The van der Waals surface area contributed by atoms with Gasteiger partial charge in [0.2, 0.25) is 6.17 Å². The third-order valence-corrected chi connectivity index (χ3v) is 1.67. The van der Waals surface area contributed by atoms with Crippen molar-refractivity contribution in [3.05, 3.63) is 0 Å². The van der Waals surface area contributed by atoms with E-state index in [0.29, 0.717) is 0 Å². The van der Waals surface area contributed by atoms with Gasteiger partial charge in [-0.15, -0.1) is 0 Å². The molecular formula is C8H10F6O. The molecule has 1 atom stereocenters. The Balaban J connectivity index is 5.03. The number of Topliss-reactive ketones (excluding diaryl/α,β-unsaturated/α-hetero) is 1. The van der Waals surface area contributed by atoms with Crippen molar-refractivity contribution in [2.24, 2.45) is 5.41 Å². The quantitative estimate of drug-likeness (QED) is 0.673. The third kappa shape index (κ3) is 2.85. The van der Waals surface area contributed by atoms with E-state index < -0.39 is 29.5 Å². The second kappa shape index (κ2) is 3.68. The first kappa shape index (κ1) is 14.2. The summed E-state index contributed by atoms with van der Waals surface area (Å²) in [7, 11) is 0. The highest BCUT2D eigenvalue weighted by Crippen LogP contribution is 2.41. The van der Waals surface area contributed by atoms with Crippen molar-refractivity contribution in [2.75, 3.05) is 0 Å². The van der Waals surface area contributed by atoms with Crippen LogP contribution in [0, 0.1) is 5.41 Å². The summed E-state index contributed by atoms with van der Waals surface area (Å²) < 4.78 is 72.6. The van der Waals surface area contributed by atoms with Gasteiger partial charge in [-0.2, -0.15) is 22.0 Å². The molecule has 1 nitrogen and oxygen atoms in total. The van der Waals surface area contributed by atoms with Gasteiger partial charge in [0, 0.05) is 5.41 Å². The maximum absolute atomic E-state index is 12.7. The van der Waals surface area contributed by atoms with Crippen LogP contribution in [0.4, 0.5) is 26.3 Å². The fourth-order valence-corrected chi connectivity index (χ4v) is 0.689. The normalized spacial score (nSPS) is 16.3. The summed E-state index contributed by atoms with van der Waals surface area (Å²) in [5, 5.41) is 0. The molecule has 1 unspecified atom stereocenters. The lowest BCUT2D eigenvalue weighted by atomic mass is 9.86. The Hall–Kier alpha value is -0.750. The Kier molecular flexibility index (Phi) is 3.49. The van der Waals surface area contributed by atoms with E-state index in [9.17, 15) is 31.1 Å². The van der Waals surface area contributed by atoms with Gasteiger partial charge in [-0.05, 0) is 0 Å². The Morgan fingerprint density at radius 3 is 1.53 bits per heavy atom. The summed E-state index contributed by atoms with van der Waals surface area (Å²) in [5.41, 5.74) is -1.59. The molecule has 0 amide bonds. The summed E-state index contributed by atoms with van der Waals surface area (Å²) in [6.45, 7) is 3.19. The monoisotopic (exact) mass is 236 g/mol. The van der Waals surface area contributed by atoms with E-state index in [1.807, 2.05) is 0 Å². The highest BCUT2D eigenvalue weighted by atomic mass is 19.4. The number of rotatable bonds is 2. The highest BCUT2D eigenvalue weighted by Gasteiger charge is 2.66. The molecule has 0 bridgehead atoms. The first-order valence-electron chi connectivity index (χ1n) is 3.94. The molecule has 15 heavy (non-hydrogen) atoms. The van der Waals surface area contributed by atoms with Crippen LogP contribution in [0.1, 0.15) is 20.8 Å². The van der Waals surface area contributed by atoms with Crippen LogP contribution in [-0.2, 0) is 4.79 Å². The lowest BCUT2D eigenvalue weighted by Gasteiger charge is -2.26. The molecule has 0 spiro atoms. The topological polar surface area (TPSA) is 17.1 Å². The highest BCUT2D eigenvalue weighted by molar-refractivity contribution is 5.88. The number of alkyl halides is 6. The van der Waals surface area contributed by atoms with Gasteiger partial charge in [-0.25, -0.2) is 4.39 Å². The second-order valence-electron chi connectivity index (χ2n) is 4.10. The van der Waals surface area contributed by atoms with Gasteiger partial charge >= 0.3 is 12.1 Å². The average molecular weight is 236 g/mol. The maximum atomic E-state index is 12.7. The fourth-order valence-electron chi connectivity index (χ4n) is 0.689. The van der Waals surface area contributed by atoms with Crippen LogP contribution in [0.5, 0.6) is 0 Å². The van der Waals surface area contributed by atoms with Crippen molar-refractivity contribution in [1.29, 1.82) is 0 Å². The summed E-state index contributed by atoms with van der Waals surface area (Å²) >= 11 is 0. The number of hydrogen-bond donors (Lipinski definition) is 0. The van der Waals surface area contributed by atoms with Crippen LogP contribution in [0.3, 0.4) is 0 Å². The number of carbonyl (C=O) groups is 1. The number of ketones is 1. The van der Waals surface area contributed by atoms with E-state index in [0.717, 1.165) is 20.8 Å². The predicted molar refractivity (Wildman–Crippen MR) is 40.4 cm³/mol. The number of halogens is 6. The minimum absolute atomic E-state index is 1.06. The summed E-state index contributed by atoms with van der Waals surface area (Å²) in [6, 6.07) is 0. The molecule has 7 heteroatoms. The fraction of sp³-hybridized carbons (Fsp3) is 0.875. The van der Waals surface area contributed by atoms with Gasteiger partial charge < -0.3 is 0 Å². The van der Waals surface area contributed by atoms with Crippen LogP contribution in [-0.4, -0.2) is 24.1 Å². The van der Waals surface area contributed by atoms with Crippen molar-refractivity contribution in [3.8, 4) is 0 Å². The van der Waals surface area contributed by atoms with Gasteiger partial charge in [0.25, 0.3) is 0 Å². The number of carbonyl (C=O) groups excluding carboxylic acids is 1. The third-order valence-electron chi connectivity index (χ3n) is 1.67. The molecule has 0 aromatic rings. The Labute approximate surface area is 82.4 Å². The predicted octanol–water partition coefficient (Wildman–Crippen LogP) is 3.14. The van der Waals surface area contributed by atoms with Crippen LogP contribution >= 0.6 is 0 Å². The molecule has 90 valence electrons. The zero-order valence-corrected chi connectivity index (χ0v) is 8.25. The van der Waals surface area contributed by atoms with Gasteiger partial charge in [-0.1, -0.05) is 20.8 Å². The van der Waals surface area contributed by atoms with Crippen LogP contribution < -0.4 is 0 Å². The molecule has 0 rings (SSSR count). The molecule has 0 fully saturated rings. The average Bonchev–Trinajstić information content (AvgIpc) is 1.97. The van der Waals surface area contributed by atoms with Gasteiger partial charge in [-0.3, -0.25) is 4.79 Å². The molecule has 0 aliphatic rings. The Morgan fingerprint density at radius 2 is 1.33 bits per heavy atom. The lowest BCUT2D eigenvalue weighted by molar-refractivity contribution is -0.299. The van der Waals surface area contributed by atoms with Gasteiger partial charge in [0.15, 0.2) is 5.78 Å². The van der Waals surface area contributed by atoms with Crippen molar-refractivity contribution >= 4 is 5.78 Å². The van der Waals surface area contributed by atoms with Crippen molar-refractivity contribution < 1.29 is 31.1 Å². The SMILES string of the molecule is CC(C)(C)C(=O)C(F)C(F)(F)C(F)(F)F. The lowest BCUT2D eigenvalue weighted by Crippen LogP contribution is -2.51. The first-order valence-corrected chi connectivity index (χ1v) is 3.94. The van der Waals surface area contributed by atoms with E-state index >= 15 is 0 Å². The van der Waals surface area contributed by atoms with Gasteiger partial charge in [0.05, 0.1) is 0 Å². The van der Waals surface area contributed by atoms with Crippen molar-refractivity contribution in [2.45, 2.75) is 39.0 Å². The van der Waals surface area contributed by atoms with Crippen LogP contribution in [0.15, 0.2) is 0 Å². The van der Waals surface area contributed by atoms with Crippen molar-refractivity contribution in [1.82, 2.24) is 0 Å². The molecule has 0 aromatic carbocycles. The summed E-state index contributed by atoms with van der Waals surface area (Å²) in [6.07, 6.45) is -9.93. The van der Waals surface area contributed by atoms with E-state index in [1.54, 1.807) is 0 Å². The minimum Gasteiger partial charge on any atom is -0.296 e. The molecule has 0 heterocycles. The zero-order valence-electron chi connectivity index (χ0n) is 8.25. The van der Waals surface area contributed by atoms with E-state index in [2.05, 4.69) is 0 Å². The maximum Gasteiger partial charge on any atom is 0.456 e. The summed E-state index contributed by atoms with van der Waals surface area (Å²) in [5.74, 6) is -7.41. The largest absolute Gasteiger partial charge is 0.456 e. The molecule has 0 N–H and O–H groups in total. The number of hydrogen-bond acceptors (Lipinski definition) is 1. The molecule has 0 aliphatic carbocycles. The molecule has 0 aromatic heterocycles. The van der Waals surface area contributed by atoms with Crippen LogP contribution in [0.2, 0.25) is 0 Å². The Bertz CT molecular complexity index is 249. The van der Waals surface area contributed by atoms with Gasteiger partial charge in [0.1, 0.15) is 0 Å². The van der Waals surface area contributed by atoms with Crippen LogP contribution in [0.25, 0.3) is 0 Å². The second-order valence-corrected chi connectivity index (χ2v) is 4.10. The Morgan fingerprint density at radius 1 is 1.00 bits per heavy atom. The zero-order chi connectivity index (χ0) is 12.7. The molecule has 0 aliphatic heterocycles. The summed E-state index contributed by atoms with van der Waals surface area (Å²) in [4.78, 5) is 10.9. The minimum atomic E-state index is -6.06. The molecule has 0 saturated carbocycles. The molecular weight excluding hydrogens is 226 g/mol. The molecule has 0 radical (unpaired) electrons. The smallest absolute Gasteiger partial charge is 0.296 e. The van der Waals surface area contributed by atoms with E-state index in [-0.39, 0.29) is 0 Å². The standard InChI is InChI=1S/C8H10F6O/c1-6(2,3)5(15)4(9)7(10,11)8(12,13)14/h4H,1-3H3. The first-order chi connectivity index (χ1) is 6.32.